The van der Waals surface area contributed by atoms with Gasteiger partial charge in [0.25, 0.3) is 5.91 Å². The minimum absolute atomic E-state index is 0.152. The van der Waals surface area contributed by atoms with Crippen molar-refractivity contribution in [3.8, 4) is 0 Å². The summed E-state index contributed by atoms with van der Waals surface area (Å²) in [5.74, 6) is -1.77. The number of carboxylic acid groups (broad SMARTS) is 1. The lowest BCUT2D eigenvalue weighted by atomic mass is 10.0. The first-order valence-electron chi connectivity index (χ1n) is 5.09. The van der Waals surface area contributed by atoms with Gasteiger partial charge in [0.05, 0.1) is 17.7 Å². The third-order valence-electron chi connectivity index (χ3n) is 2.42. The molecule has 0 heterocycles. The molecule has 0 aromatic heterocycles. The summed E-state index contributed by atoms with van der Waals surface area (Å²) in [7, 11) is 0. The number of nitrogens with one attached hydrogen (secondary N) is 1. The molecule has 7 heteroatoms. The maximum atomic E-state index is 13.4. The molecule has 2 atom stereocenters. The Labute approximate surface area is 102 Å². The Morgan fingerprint density at radius 2 is 2.06 bits per heavy atom. The molecule has 0 aliphatic carbocycles. The van der Waals surface area contributed by atoms with E-state index in [1.807, 2.05) is 0 Å². The first kappa shape index (κ1) is 13.9. The molecule has 0 radical (unpaired) electrons. The molecule has 0 saturated heterocycles. The Balaban J connectivity index is 2.93. The van der Waals surface area contributed by atoms with Gasteiger partial charge in [0.1, 0.15) is 5.82 Å². The van der Waals surface area contributed by atoms with Gasteiger partial charge in [-0.25, -0.2) is 9.18 Å². The summed E-state index contributed by atoms with van der Waals surface area (Å²) in [5, 5.41) is 20.3. The van der Waals surface area contributed by atoms with E-state index in [9.17, 15) is 19.1 Å². The number of nitrogens with two attached hydrogens (primary N) is 1. The number of hydrogen-bond donors (Lipinski definition) is 4. The van der Waals surface area contributed by atoms with Crippen LogP contribution in [0.3, 0.4) is 0 Å². The fraction of sp³-hybridized carbons (Fsp3) is 0.273. The summed E-state index contributed by atoms with van der Waals surface area (Å²) in [4.78, 5) is 21.2. The molecule has 98 valence electrons. The van der Waals surface area contributed by atoms with Crippen LogP contribution in [0.15, 0.2) is 18.2 Å². The summed E-state index contributed by atoms with van der Waals surface area (Å²) >= 11 is 0. The normalized spacial score (nSPS) is 13.7. The second kappa shape index (κ2) is 5.46. The molecule has 0 bridgehead atoms. The average Bonchev–Trinajstić information content (AvgIpc) is 2.26. The van der Waals surface area contributed by atoms with Crippen LogP contribution >= 0.6 is 0 Å². The number of primary amides is 1. The molecule has 1 rings (SSSR count). The van der Waals surface area contributed by atoms with E-state index in [0.717, 1.165) is 12.1 Å². The summed E-state index contributed by atoms with van der Waals surface area (Å²) in [5.41, 5.74) is 4.80. The minimum atomic E-state index is -1.30. The lowest BCUT2D eigenvalue weighted by molar-refractivity contribution is 0.0996. The summed E-state index contributed by atoms with van der Waals surface area (Å²) < 4.78 is 13.4. The molecule has 6 nitrogen and oxygen atoms in total. The van der Waals surface area contributed by atoms with Crippen LogP contribution in [0.4, 0.5) is 9.18 Å². The first-order chi connectivity index (χ1) is 8.32. The fourth-order valence-corrected chi connectivity index (χ4v) is 1.48. The Hall–Kier alpha value is -2.15. The highest BCUT2D eigenvalue weighted by Crippen LogP contribution is 2.19. The van der Waals surface area contributed by atoms with Crippen molar-refractivity contribution in [1.82, 2.24) is 5.32 Å². The van der Waals surface area contributed by atoms with Crippen LogP contribution in [0.5, 0.6) is 0 Å². The van der Waals surface area contributed by atoms with E-state index >= 15 is 0 Å². The van der Waals surface area contributed by atoms with E-state index in [4.69, 9.17) is 10.8 Å². The molecule has 0 fully saturated rings. The first-order valence-corrected chi connectivity index (χ1v) is 5.09. The van der Waals surface area contributed by atoms with Crippen LogP contribution in [-0.2, 0) is 0 Å². The van der Waals surface area contributed by atoms with E-state index in [-0.39, 0.29) is 11.1 Å². The highest BCUT2D eigenvalue weighted by Gasteiger charge is 2.20. The highest BCUT2D eigenvalue weighted by molar-refractivity contribution is 5.93. The van der Waals surface area contributed by atoms with Crippen LogP contribution in [0.2, 0.25) is 0 Å². The van der Waals surface area contributed by atoms with Gasteiger partial charge in [-0.3, -0.25) is 4.79 Å². The predicted octanol–water partition coefficient (Wildman–Crippen LogP) is 0.614. The van der Waals surface area contributed by atoms with Gasteiger partial charge in [-0.1, -0.05) is 6.07 Å². The van der Waals surface area contributed by atoms with Crippen molar-refractivity contribution in [3.05, 3.63) is 35.1 Å². The van der Waals surface area contributed by atoms with Gasteiger partial charge in [0.2, 0.25) is 0 Å². The van der Waals surface area contributed by atoms with E-state index in [0.29, 0.717) is 0 Å². The van der Waals surface area contributed by atoms with Crippen molar-refractivity contribution in [2.75, 3.05) is 0 Å². The summed E-state index contributed by atoms with van der Waals surface area (Å²) in [6, 6.07) is 2.59. The lowest BCUT2D eigenvalue weighted by Gasteiger charge is -2.19. The number of hydrogen-bond acceptors (Lipinski definition) is 3. The molecule has 0 aliphatic heterocycles. The van der Waals surface area contributed by atoms with Crippen molar-refractivity contribution in [2.45, 2.75) is 19.1 Å². The second-order valence-electron chi connectivity index (χ2n) is 3.79. The van der Waals surface area contributed by atoms with E-state index < -0.39 is 30.0 Å². The highest BCUT2D eigenvalue weighted by atomic mass is 19.1. The summed E-state index contributed by atoms with van der Waals surface area (Å²) in [6.45, 7) is 1.43. The Kier molecular flexibility index (Phi) is 4.22. The van der Waals surface area contributed by atoms with Crippen LogP contribution in [0.25, 0.3) is 0 Å². The van der Waals surface area contributed by atoms with E-state index in [1.54, 1.807) is 0 Å². The smallest absolute Gasteiger partial charge is 0.404 e. The maximum Gasteiger partial charge on any atom is 0.404 e. The van der Waals surface area contributed by atoms with Crippen LogP contribution in [0.1, 0.15) is 28.9 Å². The molecule has 18 heavy (non-hydrogen) atoms. The molecular weight excluding hydrogens is 243 g/mol. The van der Waals surface area contributed by atoms with Crippen LogP contribution in [-0.4, -0.2) is 28.3 Å². The number of halogens is 1. The number of amides is 2. The molecule has 0 saturated carbocycles. The zero-order chi connectivity index (χ0) is 13.9. The van der Waals surface area contributed by atoms with Crippen molar-refractivity contribution < 1.29 is 24.2 Å². The van der Waals surface area contributed by atoms with Gasteiger partial charge in [-0.2, -0.15) is 0 Å². The molecular formula is C11H13FN2O4. The van der Waals surface area contributed by atoms with Gasteiger partial charge in [-0.15, -0.1) is 0 Å². The van der Waals surface area contributed by atoms with Crippen molar-refractivity contribution in [1.29, 1.82) is 0 Å². The van der Waals surface area contributed by atoms with E-state index in [2.05, 4.69) is 5.32 Å². The molecule has 5 N–H and O–H groups in total. The number of aliphatic hydroxyl groups is 1. The topological polar surface area (TPSA) is 113 Å². The van der Waals surface area contributed by atoms with Crippen molar-refractivity contribution in [2.24, 2.45) is 5.73 Å². The Morgan fingerprint density at radius 1 is 1.44 bits per heavy atom. The number of carbonyl (C=O) groups excluding carboxylic acids is 1. The third-order valence-corrected chi connectivity index (χ3v) is 2.42. The summed E-state index contributed by atoms with van der Waals surface area (Å²) in [6.07, 6.45) is -2.52. The van der Waals surface area contributed by atoms with Gasteiger partial charge in [0, 0.05) is 0 Å². The zero-order valence-corrected chi connectivity index (χ0v) is 9.55. The SMILES string of the molecule is C[C@H](NC(=O)O)C(O)c1ccc(C(N)=O)c(F)c1. The van der Waals surface area contributed by atoms with Crippen molar-refractivity contribution >= 4 is 12.0 Å². The lowest BCUT2D eigenvalue weighted by Crippen LogP contribution is -2.36. The number of carbonyl (C=O) groups is 2. The quantitative estimate of drug-likeness (QED) is 0.632. The van der Waals surface area contributed by atoms with Gasteiger partial charge < -0.3 is 21.3 Å². The van der Waals surface area contributed by atoms with Gasteiger partial charge >= 0.3 is 6.09 Å². The monoisotopic (exact) mass is 256 g/mol. The maximum absolute atomic E-state index is 13.4. The van der Waals surface area contributed by atoms with Gasteiger partial charge in [-0.05, 0) is 24.6 Å². The molecule has 0 aliphatic rings. The number of aliphatic hydroxyl groups excluding tert-OH is 1. The Morgan fingerprint density at radius 3 is 2.50 bits per heavy atom. The molecule has 1 aromatic carbocycles. The van der Waals surface area contributed by atoms with Crippen LogP contribution < -0.4 is 11.1 Å². The molecule has 1 aromatic rings. The largest absolute Gasteiger partial charge is 0.465 e. The van der Waals surface area contributed by atoms with E-state index in [1.165, 1.54) is 13.0 Å². The van der Waals surface area contributed by atoms with Gasteiger partial charge in [0.15, 0.2) is 0 Å². The molecule has 0 spiro atoms. The number of benzene rings is 1. The molecule has 2 amide bonds. The number of rotatable bonds is 4. The fourth-order valence-electron chi connectivity index (χ4n) is 1.48. The average molecular weight is 256 g/mol. The minimum Gasteiger partial charge on any atom is -0.465 e. The van der Waals surface area contributed by atoms with Crippen molar-refractivity contribution in [3.63, 3.8) is 0 Å². The second-order valence-corrected chi connectivity index (χ2v) is 3.79. The predicted molar refractivity (Wildman–Crippen MR) is 60.5 cm³/mol. The zero-order valence-electron chi connectivity index (χ0n) is 9.55. The Bertz CT molecular complexity index is 478. The van der Waals surface area contributed by atoms with Crippen LogP contribution in [0, 0.1) is 5.82 Å². The third kappa shape index (κ3) is 3.17. The standard InChI is InChI=1S/C11H13FN2O4/c1-5(14-11(17)18)9(15)6-2-3-7(10(13)16)8(12)4-6/h2-5,9,14-15H,1H3,(H2,13,16)(H,17,18)/t5-,9?/m0/s1. The molecule has 1 unspecified atom stereocenters.